The first kappa shape index (κ1) is 13.3. The Morgan fingerprint density at radius 2 is 2.00 bits per heavy atom. The second-order valence-corrected chi connectivity index (χ2v) is 6.02. The number of nitrogens with one attached hydrogen (secondary N) is 2. The zero-order chi connectivity index (χ0) is 14.1. The number of para-hydroxylation sites is 2. The van der Waals surface area contributed by atoms with Crippen LogP contribution in [0.3, 0.4) is 0 Å². The van der Waals surface area contributed by atoms with E-state index in [1.54, 1.807) is 0 Å². The molecule has 0 saturated carbocycles. The molecular weight excluding hydrogens is 250 g/mol. The fourth-order valence-corrected chi connectivity index (χ4v) is 3.21. The van der Waals surface area contributed by atoms with Crippen molar-refractivity contribution in [1.82, 2.24) is 4.90 Å². The number of carbonyl (C=O) groups is 1. The van der Waals surface area contributed by atoms with Crippen molar-refractivity contribution >= 4 is 17.3 Å². The second kappa shape index (κ2) is 5.35. The summed E-state index contributed by atoms with van der Waals surface area (Å²) in [5.41, 5.74) is 2.10. The van der Waals surface area contributed by atoms with E-state index < -0.39 is 0 Å². The number of piperidine rings is 1. The molecule has 2 heterocycles. The molecule has 2 aliphatic rings. The quantitative estimate of drug-likeness (QED) is 0.826. The molecule has 2 N–H and O–H groups in total. The first-order valence-electron chi connectivity index (χ1n) is 7.56. The number of nitrogens with zero attached hydrogens (tertiary/aromatic N) is 1. The summed E-state index contributed by atoms with van der Waals surface area (Å²) in [7, 11) is 0. The molecule has 1 fully saturated rings. The summed E-state index contributed by atoms with van der Waals surface area (Å²) in [6, 6.07) is 8.24. The van der Waals surface area contributed by atoms with Crippen LogP contribution in [0.15, 0.2) is 24.3 Å². The van der Waals surface area contributed by atoms with Gasteiger partial charge in [0.25, 0.3) is 0 Å². The van der Waals surface area contributed by atoms with Gasteiger partial charge in [-0.15, -0.1) is 0 Å². The van der Waals surface area contributed by atoms with Gasteiger partial charge in [-0.3, -0.25) is 4.79 Å². The highest BCUT2D eigenvalue weighted by atomic mass is 16.2. The molecule has 0 radical (unpaired) electrons. The first-order valence-corrected chi connectivity index (χ1v) is 7.56. The SMILES string of the molecule is CC1CCCN(C(=O)C2CNc3ccccc3N2)C1C. The van der Waals surface area contributed by atoms with Crippen LogP contribution in [0.25, 0.3) is 0 Å². The monoisotopic (exact) mass is 273 g/mol. The van der Waals surface area contributed by atoms with Crippen LogP contribution in [-0.4, -0.2) is 36.0 Å². The Morgan fingerprint density at radius 3 is 2.80 bits per heavy atom. The molecule has 0 spiro atoms. The summed E-state index contributed by atoms with van der Waals surface area (Å²) in [5, 5.41) is 6.72. The lowest BCUT2D eigenvalue weighted by molar-refractivity contribution is -0.136. The van der Waals surface area contributed by atoms with Crippen molar-refractivity contribution in [2.24, 2.45) is 5.92 Å². The average molecular weight is 273 g/mol. The van der Waals surface area contributed by atoms with Crippen molar-refractivity contribution in [2.75, 3.05) is 23.7 Å². The van der Waals surface area contributed by atoms with Crippen molar-refractivity contribution in [3.8, 4) is 0 Å². The van der Waals surface area contributed by atoms with E-state index >= 15 is 0 Å². The van der Waals surface area contributed by atoms with Crippen molar-refractivity contribution in [1.29, 1.82) is 0 Å². The van der Waals surface area contributed by atoms with Gasteiger partial charge in [-0.05, 0) is 37.8 Å². The molecule has 0 aliphatic carbocycles. The predicted molar refractivity (Wildman–Crippen MR) is 81.9 cm³/mol. The number of hydrogen-bond donors (Lipinski definition) is 2. The topological polar surface area (TPSA) is 44.4 Å². The number of amides is 1. The van der Waals surface area contributed by atoms with Gasteiger partial charge < -0.3 is 15.5 Å². The van der Waals surface area contributed by atoms with Gasteiger partial charge in [-0.25, -0.2) is 0 Å². The molecule has 4 nitrogen and oxygen atoms in total. The lowest BCUT2D eigenvalue weighted by Gasteiger charge is -2.41. The zero-order valence-corrected chi connectivity index (χ0v) is 12.2. The van der Waals surface area contributed by atoms with E-state index in [-0.39, 0.29) is 11.9 Å². The molecule has 1 aromatic carbocycles. The van der Waals surface area contributed by atoms with Crippen LogP contribution >= 0.6 is 0 Å². The zero-order valence-electron chi connectivity index (χ0n) is 12.2. The lowest BCUT2D eigenvalue weighted by atomic mass is 9.91. The van der Waals surface area contributed by atoms with E-state index in [2.05, 4.69) is 29.4 Å². The van der Waals surface area contributed by atoms with Crippen LogP contribution in [0.2, 0.25) is 0 Å². The largest absolute Gasteiger partial charge is 0.381 e. The third-order valence-electron chi connectivity index (χ3n) is 4.71. The van der Waals surface area contributed by atoms with Gasteiger partial charge in [0.1, 0.15) is 6.04 Å². The Balaban J connectivity index is 1.72. The van der Waals surface area contributed by atoms with Gasteiger partial charge in [0.05, 0.1) is 11.4 Å². The minimum absolute atomic E-state index is 0.155. The van der Waals surface area contributed by atoms with Crippen LogP contribution in [0.4, 0.5) is 11.4 Å². The maximum Gasteiger partial charge on any atom is 0.247 e. The highest BCUT2D eigenvalue weighted by Crippen LogP contribution is 2.28. The van der Waals surface area contributed by atoms with Crippen LogP contribution < -0.4 is 10.6 Å². The molecule has 2 aliphatic heterocycles. The summed E-state index contributed by atoms with van der Waals surface area (Å²) in [6.07, 6.45) is 2.35. The third kappa shape index (κ3) is 2.35. The minimum atomic E-state index is -0.155. The van der Waals surface area contributed by atoms with Crippen molar-refractivity contribution in [3.63, 3.8) is 0 Å². The van der Waals surface area contributed by atoms with E-state index in [0.717, 1.165) is 24.3 Å². The van der Waals surface area contributed by atoms with Crippen molar-refractivity contribution in [3.05, 3.63) is 24.3 Å². The van der Waals surface area contributed by atoms with Crippen LogP contribution in [0.5, 0.6) is 0 Å². The van der Waals surface area contributed by atoms with Crippen LogP contribution in [0.1, 0.15) is 26.7 Å². The number of rotatable bonds is 1. The van der Waals surface area contributed by atoms with Gasteiger partial charge in [0.15, 0.2) is 0 Å². The fourth-order valence-electron chi connectivity index (χ4n) is 3.21. The first-order chi connectivity index (χ1) is 9.66. The molecule has 3 unspecified atom stereocenters. The average Bonchev–Trinajstić information content (AvgIpc) is 2.49. The number of benzene rings is 1. The Labute approximate surface area is 120 Å². The van der Waals surface area contributed by atoms with Gasteiger partial charge in [0.2, 0.25) is 5.91 Å². The van der Waals surface area contributed by atoms with Gasteiger partial charge in [0, 0.05) is 19.1 Å². The molecule has 20 heavy (non-hydrogen) atoms. The summed E-state index contributed by atoms with van der Waals surface area (Å²) in [6.45, 7) is 5.97. The molecule has 1 saturated heterocycles. The van der Waals surface area contributed by atoms with Crippen molar-refractivity contribution in [2.45, 2.75) is 38.8 Å². The third-order valence-corrected chi connectivity index (χ3v) is 4.71. The summed E-state index contributed by atoms with van der Waals surface area (Å²) < 4.78 is 0. The molecule has 4 heteroatoms. The van der Waals surface area contributed by atoms with Crippen LogP contribution in [0, 0.1) is 5.92 Å². The fraction of sp³-hybridized carbons (Fsp3) is 0.562. The number of hydrogen-bond acceptors (Lipinski definition) is 3. The number of carbonyl (C=O) groups excluding carboxylic acids is 1. The molecule has 0 bridgehead atoms. The minimum Gasteiger partial charge on any atom is -0.381 e. The maximum atomic E-state index is 12.7. The number of fused-ring (bicyclic) bond motifs is 1. The molecule has 3 rings (SSSR count). The highest BCUT2D eigenvalue weighted by molar-refractivity contribution is 5.89. The molecule has 0 aromatic heterocycles. The number of likely N-dealkylation sites (tertiary alicyclic amines) is 1. The summed E-state index contributed by atoms with van der Waals surface area (Å²) >= 11 is 0. The second-order valence-electron chi connectivity index (χ2n) is 6.02. The normalized spacial score (nSPS) is 29.1. The Kier molecular flexibility index (Phi) is 3.55. The molecule has 108 valence electrons. The van der Waals surface area contributed by atoms with Crippen LogP contribution in [-0.2, 0) is 4.79 Å². The van der Waals surface area contributed by atoms with Gasteiger partial charge in [-0.2, -0.15) is 0 Å². The predicted octanol–water partition coefficient (Wildman–Crippen LogP) is 2.54. The molecular formula is C16H23N3O. The Bertz CT molecular complexity index is 502. The van der Waals surface area contributed by atoms with E-state index in [9.17, 15) is 4.79 Å². The van der Waals surface area contributed by atoms with E-state index in [4.69, 9.17) is 0 Å². The molecule has 1 aromatic rings. The lowest BCUT2D eigenvalue weighted by Crippen LogP contribution is -2.54. The standard InChI is InChI=1S/C16H23N3O/c1-11-6-5-9-19(12(11)2)16(20)15-10-17-13-7-3-4-8-14(13)18-15/h3-4,7-8,11-12,15,17-18H,5-6,9-10H2,1-2H3. The van der Waals surface area contributed by atoms with E-state index in [1.807, 2.05) is 24.3 Å². The summed E-state index contributed by atoms with van der Waals surface area (Å²) in [4.78, 5) is 14.8. The Morgan fingerprint density at radius 1 is 1.25 bits per heavy atom. The number of anilines is 2. The maximum absolute atomic E-state index is 12.7. The smallest absolute Gasteiger partial charge is 0.247 e. The Hall–Kier alpha value is -1.71. The molecule has 3 atom stereocenters. The van der Waals surface area contributed by atoms with Gasteiger partial charge in [-0.1, -0.05) is 19.1 Å². The van der Waals surface area contributed by atoms with E-state index in [0.29, 0.717) is 18.5 Å². The van der Waals surface area contributed by atoms with E-state index in [1.165, 1.54) is 6.42 Å². The van der Waals surface area contributed by atoms with Gasteiger partial charge >= 0.3 is 0 Å². The highest BCUT2D eigenvalue weighted by Gasteiger charge is 2.33. The molecule has 1 amide bonds. The summed E-state index contributed by atoms with van der Waals surface area (Å²) in [5.74, 6) is 0.822. The van der Waals surface area contributed by atoms with Crippen molar-refractivity contribution < 1.29 is 4.79 Å².